The summed E-state index contributed by atoms with van der Waals surface area (Å²) in [5.74, 6) is 0.121. The number of para-hydroxylation sites is 1. The number of ether oxygens (including phenoxy) is 3. The number of methoxy groups -OCH3 is 2. The predicted octanol–water partition coefficient (Wildman–Crippen LogP) is 4.13. The van der Waals surface area contributed by atoms with Gasteiger partial charge in [0.2, 0.25) is 0 Å². The molecule has 22 heavy (non-hydrogen) atoms. The molecule has 2 aromatic carbocycles. The fourth-order valence-corrected chi connectivity index (χ4v) is 1.46. The fraction of sp³-hybridized carbons (Fsp3) is 0.200. The molecule has 0 aromatic heterocycles. The largest absolute Gasteiger partial charge is 0.538 e. The summed E-state index contributed by atoms with van der Waals surface area (Å²) in [5.41, 5.74) is 0. The highest BCUT2D eigenvalue weighted by molar-refractivity contribution is 7.65. The molecule has 0 aliphatic carbocycles. The Morgan fingerprint density at radius 3 is 1.73 bits per heavy atom. The minimum atomic E-state index is -2.75. The van der Waals surface area contributed by atoms with E-state index < -0.39 is 17.4 Å². The summed E-state index contributed by atoms with van der Waals surface area (Å²) in [7, 11) is 3.22. The monoisotopic (exact) mass is 329 g/mol. The molecule has 0 fully saturated rings. The highest BCUT2D eigenvalue weighted by Gasteiger charge is 2.14. The van der Waals surface area contributed by atoms with Crippen molar-refractivity contribution in [3.05, 3.63) is 48.5 Å². The van der Waals surface area contributed by atoms with Crippen molar-refractivity contribution in [1.82, 2.24) is 0 Å². The highest BCUT2D eigenvalue weighted by atomic mass is 32.1. The molecule has 7 heteroatoms. The van der Waals surface area contributed by atoms with E-state index >= 15 is 0 Å². The van der Waals surface area contributed by atoms with Gasteiger partial charge in [0.25, 0.3) is 0 Å². The van der Waals surface area contributed by atoms with E-state index in [2.05, 4.69) is 0 Å². The lowest BCUT2D eigenvalue weighted by molar-refractivity contribution is 0.246. The Bertz CT molecular complexity index is 557. The summed E-state index contributed by atoms with van der Waals surface area (Å²) >= 11 is -0.704. The van der Waals surface area contributed by atoms with Crippen LogP contribution in [-0.2, 0) is 15.9 Å². The lowest BCUT2D eigenvalue weighted by Crippen LogP contribution is -1.90. The van der Waals surface area contributed by atoms with E-state index in [4.69, 9.17) is 18.4 Å². The topological polar surface area (TPSA) is 44.8 Å². The molecular weight excluding hydrogens is 314 g/mol. The van der Waals surface area contributed by atoms with Crippen molar-refractivity contribution in [2.24, 2.45) is 0 Å². The van der Waals surface area contributed by atoms with Crippen LogP contribution >= 0.6 is 0 Å². The van der Waals surface area contributed by atoms with Crippen molar-refractivity contribution < 1.29 is 27.2 Å². The molecule has 0 saturated carbocycles. The van der Waals surface area contributed by atoms with Crippen LogP contribution in [0.15, 0.2) is 48.5 Å². The van der Waals surface area contributed by atoms with Crippen LogP contribution in [-0.4, -0.2) is 20.0 Å². The first kappa shape index (κ1) is 17.8. The summed E-state index contributed by atoms with van der Waals surface area (Å²) in [6, 6.07) is 15.0. The van der Waals surface area contributed by atoms with Crippen molar-refractivity contribution in [3.63, 3.8) is 0 Å². The van der Waals surface area contributed by atoms with Gasteiger partial charge in [-0.2, -0.15) is 0 Å². The standard InChI is InChI=1S/C14H14O3.CHF2OS/c1-15-12-8-13(16-2)10-14(9-12)17-11-6-4-3-5-7-11;2-1(3)5-4/h3-10H,1-2H3;1H/q;+1. The number of hydrogen-bond acceptors (Lipinski definition) is 4. The second-order valence-electron chi connectivity index (χ2n) is 3.82. The van der Waals surface area contributed by atoms with Gasteiger partial charge in [-0.25, -0.2) is 0 Å². The van der Waals surface area contributed by atoms with Crippen LogP contribution < -0.4 is 14.2 Å². The van der Waals surface area contributed by atoms with Crippen LogP contribution in [0.1, 0.15) is 0 Å². The third kappa shape index (κ3) is 6.45. The molecule has 0 heterocycles. The first-order chi connectivity index (χ1) is 10.6. The lowest BCUT2D eigenvalue weighted by Gasteiger charge is -2.09. The number of halogens is 2. The molecule has 2 aromatic rings. The van der Waals surface area contributed by atoms with E-state index in [1.165, 1.54) is 0 Å². The van der Waals surface area contributed by atoms with Gasteiger partial charge in [0, 0.05) is 22.4 Å². The first-order valence-electron chi connectivity index (χ1n) is 6.11. The maximum absolute atomic E-state index is 10.4. The van der Waals surface area contributed by atoms with Crippen molar-refractivity contribution in [3.8, 4) is 23.0 Å². The second-order valence-corrected chi connectivity index (χ2v) is 4.37. The molecule has 0 saturated heterocycles. The minimum Gasteiger partial charge on any atom is -0.496 e. The van der Waals surface area contributed by atoms with E-state index in [0.29, 0.717) is 17.2 Å². The van der Waals surface area contributed by atoms with E-state index in [1.54, 1.807) is 20.3 Å². The van der Waals surface area contributed by atoms with Crippen molar-refractivity contribution in [1.29, 1.82) is 0 Å². The molecule has 0 bridgehead atoms. The Hall–Kier alpha value is -2.28. The Balaban J connectivity index is 0.000000422. The van der Waals surface area contributed by atoms with Crippen molar-refractivity contribution in [2.45, 2.75) is 5.76 Å². The number of benzene rings is 2. The number of rotatable bonds is 5. The molecule has 2 rings (SSSR count). The van der Waals surface area contributed by atoms with Gasteiger partial charge in [-0.3, -0.25) is 0 Å². The van der Waals surface area contributed by atoms with Gasteiger partial charge in [0.05, 0.1) is 14.2 Å². The van der Waals surface area contributed by atoms with Crippen LogP contribution in [0.5, 0.6) is 23.0 Å². The summed E-state index contributed by atoms with van der Waals surface area (Å²) in [4.78, 5) is 0. The number of alkyl halides is 2. The normalized spacial score (nSPS) is 9.50. The van der Waals surface area contributed by atoms with Crippen LogP contribution in [0, 0.1) is 0 Å². The summed E-state index contributed by atoms with van der Waals surface area (Å²) in [6.45, 7) is 0. The molecule has 0 atom stereocenters. The molecule has 118 valence electrons. The van der Waals surface area contributed by atoms with Crippen LogP contribution in [0.2, 0.25) is 0 Å². The smallest absolute Gasteiger partial charge is 0.496 e. The Morgan fingerprint density at radius 1 is 0.864 bits per heavy atom. The lowest BCUT2D eigenvalue weighted by atomic mass is 10.3. The third-order valence-corrected chi connectivity index (χ3v) is 2.52. The van der Waals surface area contributed by atoms with Gasteiger partial charge in [0.1, 0.15) is 23.0 Å². The summed E-state index contributed by atoms with van der Waals surface area (Å²) in [5, 5.41) is 0. The minimum absolute atomic E-state index is 0.687. The fourth-order valence-electron chi connectivity index (χ4n) is 1.46. The second kappa shape index (κ2) is 9.62. The molecule has 0 aliphatic heterocycles. The van der Waals surface area contributed by atoms with Gasteiger partial charge >= 0.3 is 17.4 Å². The first-order valence-corrected chi connectivity index (χ1v) is 6.92. The maximum atomic E-state index is 10.4. The molecule has 0 unspecified atom stereocenters. The van der Waals surface area contributed by atoms with Crippen LogP contribution in [0.3, 0.4) is 0 Å². The highest BCUT2D eigenvalue weighted by Crippen LogP contribution is 2.30. The third-order valence-electron chi connectivity index (χ3n) is 2.38. The molecule has 0 N–H and O–H groups in total. The van der Waals surface area contributed by atoms with Crippen molar-refractivity contribution >= 4 is 11.7 Å². The Labute approximate surface area is 131 Å². The van der Waals surface area contributed by atoms with E-state index in [9.17, 15) is 8.78 Å². The zero-order valence-electron chi connectivity index (χ0n) is 12.0. The molecular formula is C15H15F2O4S+. The quantitative estimate of drug-likeness (QED) is 0.774. The van der Waals surface area contributed by atoms with E-state index in [0.717, 1.165) is 5.75 Å². The van der Waals surface area contributed by atoms with E-state index in [-0.39, 0.29) is 0 Å². The zero-order chi connectivity index (χ0) is 16.4. The zero-order valence-corrected chi connectivity index (χ0v) is 12.8. The molecule has 0 amide bonds. The molecule has 0 radical (unpaired) electrons. The predicted molar refractivity (Wildman–Crippen MR) is 80.1 cm³/mol. The van der Waals surface area contributed by atoms with Gasteiger partial charge in [-0.15, -0.1) is 8.78 Å². The summed E-state index contributed by atoms with van der Waals surface area (Å²) in [6.07, 6.45) is 0. The average molecular weight is 329 g/mol. The van der Waals surface area contributed by atoms with Crippen molar-refractivity contribution in [2.75, 3.05) is 14.2 Å². The molecule has 0 spiro atoms. The van der Waals surface area contributed by atoms with Crippen LogP contribution in [0.25, 0.3) is 0 Å². The SMILES string of the molecule is COc1cc(OC)cc(Oc2ccccc2)c1.O=[S+]C(F)F. The Kier molecular flexibility index (Phi) is 7.77. The van der Waals surface area contributed by atoms with Gasteiger partial charge < -0.3 is 14.2 Å². The number of hydrogen-bond donors (Lipinski definition) is 0. The summed E-state index contributed by atoms with van der Waals surface area (Å²) < 4.78 is 45.7. The van der Waals surface area contributed by atoms with Gasteiger partial charge in [-0.05, 0) is 12.1 Å². The van der Waals surface area contributed by atoms with Crippen LogP contribution in [0.4, 0.5) is 8.78 Å². The van der Waals surface area contributed by atoms with E-state index in [1.807, 2.05) is 42.5 Å². The Morgan fingerprint density at radius 2 is 1.32 bits per heavy atom. The maximum Gasteiger partial charge on any atom is 0.538 e. The average Bonchev–Trinajstić information content (AvgIpc) is 2.55. The van der Waals surface area contributed by atoms with Gasteiger partial charge in [-0.1, -0.05) is 18.2 Å². The molecule has 0 aliphatic rings. The molecule has 4 nitrogen and oxygen atoms in total. The van der Waals surface area contributed by atoms with Gasteiger partial charge in [0.15, 0.2) is 0 Å².